The van der Waals surface area contributed by atoms with E-state index in [1.807, 2.05) is 0 Å². The van der Waals surface area contributed by atoms with Crippen molar-refractivity contribution in [2.24, 2.45) is 11.3 Å². The van der Waals surface area contributed by atoms with E-state index in [0.717, 1.165) is 9.80 Å². The Balaban J connectivity index is 2.42. The van der Waals surface area contributed by atoms with Crippen LogP contribution in [-0.2, 0) is 9.59 Å². The van der Waals surface area contributed by atoms with Crippen LogP contribution in [-0.4, -0.2) is 41.7 Å². The molecule has 15 heavy (non-hydrogen) atoms. The Morgan fingerprint density at radius 2 is 1.73 bits per heavy atom. The van der Waals surface area contributed by atoms with Crippen LogP contribution in [0.2, 0.25) is 0 Å². The van der Waals surface area contributed by atoms with Crippen LogP contribution in [0.5, 0.6) is 0 Å². The monoisotopic (exact) mass is 208 g/mol. The van der Waals surface area contributed by atoms with Crippen LogP contribution in [0.15, 0.2) is 12.7 Å². The first-order valence-corrected chi connectivity index (χ1v) is 4.69. The molecule has 0 aromatic rings. The highest BCUT2D eigenvalue weighted by molar-refractivity contribution is 6.21. The summed E-state index contributed by atoms with van der Waals surface area (Å²) in [4.78, 5) is 37.2. The molecule has 1 aliphatic carbocycles. The van der Waals surface area contributed by atoms with Gasteiger partial charge in [-0.05, 0) is 6.42 Å². The van der Waals surface area contributed by atoms with Gasteiger partial charge in [-0.1, -0.05) is 6.08 Å². The predicted octanol–water partition coefficient (Wildman–Crippen LogP) is 0.229. The maximum absolute atomic E-state index is 11.9. The first-order valence-electron chi connectivity index (χ1n) is 4.69. The van der Waals surface area contributed by atoms with E-state index in [4.69, 9.17) is 0 Å². The lowest BCUT2D eigenvalue weighted by Gasteiger charge is -2.33. The van der Waals surface area contributed by atoms with Gasteiger partial charge in [0.05, 0.1) is 0 Å². The molecule has 2 rings (SSSR count). The minimum atomic E-state index is -1.03. The molecular formula is C10H12N2O3. The summed E-state index contributed by atoms with van der Waals surface area (Å²) in [6.45, 7) is 3.58. The summed E-state index contributed by atoms with van der Waals surface area (Å²) < 4.78 is 0. The Kier molecular flexibility index (Phi) is 1.77. The summed E-state index contributed by atoms with van der Waals surface area (Å²) in [6.07, 6.45) is 2.07. The van der Waals surface area contributed by atoms with Gasteiger partial charge in [0.2, 0.25) is 11.8 Å². The second-order valence-electron chi connectivity index (χ2n) is 4.03. The number of barbiturate groups is 1. The van der Waals surface area contributed by atoms with Gasteiger partial charge in [-0.2, -0.15) is 0 Å². The number of urea groups is 1. The molecule has 0 aromatic carbocycles. The summed E-state index contributed by atoms with van der Waals surface area (Å²) >= 11 is 0. The van der Waals surface area contributed by atoms with E-state index in [-0.39, 0.29) is 5.92 Å². The molecule has 1 saturated carbocycles. The Bertz CT molecular complexity index is 364. The summed E-state index contributed by atoms with van der Waals surface area (Å²) in [6, 6.07) is -0.565. The Morgan fingerprint density at radius 1 is 1.27 bits per heavy atom. The maximum Gasteiger partial charge on any atom is 0.332 e. The van der Waals surface area contributed by atoms with E-state index < -0.39 is 23.3 Å². The number of rotatable bonds is 1. The van der Waals surface area contributed by atoms with Gasteiger partial charge in [0.15, 0.2) is 0 Å². The number of allylic oxidation sites excluding steroid dienone is 1. The molecule has 0 aromatic heterocycles. The second-order valence-corrected chi connectivity index (χ2v) is 4.03. The summed E-state index contributed by atoms with van der Waals surface area (Å²) in [5.41, 5.74) is -1.03. The molecule has 0 N–H and O–H groups in total. The number of amides is 4. The van der Waals surface area contributed by atoms with Crippen LogP contribution in [0.4, 0.5) is 4.79 Å². The van der Waals surface area contributed by atoms with Gasteiger partial charge in [0.1, 0.15) is 5.41 Å². The fourth-order valence-corrected chi connectivity index (χ4v) is 2.15. The molecule has 4 amide bonds. The van der Waals surface area contributed by atoms with Gasteiger partial charge in [0.25, 0.3) is 0 Å². The zero-order valence-electron chi connectivity index (χ0n) is 8.69. The van der Waals surface area contributed by atoms with Crippen molar-refractivity contribution in [2.45, 2.75) is 6.42 Å². The molecule has 5 nitrogen and oxygen atoms in total. The van der Waals surface area contributed by atoms with Crippen molar-refractivity contribution in [1.82, 2.24) is 9.80 Å². The number of imide groups is 2. The molecule has 0 unspecified atom stereocenters. The quantitative estimate of drug-likeness (QED) is 0.458. The Labute approximate surface area is 87.3 Å². The molecule has 80 valence electrons. The Hall–Kier alpha value is -1.65. The minimum Gasteiger partial charge on any atom is -0.273 e. The van der Waals surface area contributed by atoms with Crippen LogP contribution in [0, 0.1) is 11.3 Å². The fourth-order valence-electron chi connectivity index (χ4n) is 2.15. The number of hydrogen-bond acceptors (Lipinski definition) is 3. The highest BCUT2D eigenvalue weighted by Gasteiger charge is 2.69. The molecular weight excluding hydrogens is 196 g/mol. The van der Waals surface area contributed by atoms with E-state index in [1.54, 1.807) is 6.08 Å². The highest BCUT2D eigenvalue weighted by Crippen LogP contribution is 2.56. The van der Waals surface area contributed by atoms with Crippen molar-refractivity contribution in [1.29, 1.82) is 0 Å². The van der Waals surface area contributed by atoms with Crippen LogP contribution < -0.4 is 0 Å². The van der Waals surface area contributed by atoms with E-state index in [1.165, 1.54) is 14.1 Å². The molecule has 1 atom stereocenters. The van der Waals surface area contributed by atoms with Crippen molar-refractivity contribution < 1.29 is 14.4 Å². The van der Waals surface area contributed by atoms with E-state index in [0.29, 0.717) is 6.42 Å². The average Bonchev–Trinajstić information content (AvgIpc) is 2.97. The van der Waals surface area contributed by atoms with Crippen LogP contribution in [0.3, 0.4) is 0 Å². The molecule has 2 fully saturated rings. The molecule has 0 radical (unpaired) electrons. The number of hydrogen-bond donors (Lipinski definition) is 0. The van der Waals surface area contributed by atoms with Crippen molar-refractivity contribution >= 4 is 17.8 Å². The van der Waals surface area contributed by atoms with Crippen molar-refractivity contribution in [3.8, 4) is 0 Å². The molecule has 0 bridgehead atoms. The van der Waals surface area contributed by atoms with Gasteiger partial charge >= 0.3 is 6.03 Å². The largest absolute Gasteiger partial charge is 0.332 e. The topological polar surface area (TPSA) is 57.7 Å². The van der Waals surface area contributed by atoms with E-state index in [9.17, 15) is 14.4 Å². The SMILES string of the molecule is C=C[C@H]1CC12C(=O)N(C)C(=O)N(C)C2=O. The third-order valence-corrected chi connectivity index (χ3v) is 3.25. The lowest BCUT2D eigenvalue weighted by molar-refractivity contribution is -0.150. The van der Waals surface area contributed by atoms with Gasteiger partial charge in [0, 0.05) is 20.0 Å². The molecule has 1 saturated heterocycles. The highest BCUT2D eigenvalue weighted by atomic mass is 16.2. The summed E-state index contributed by atoms with van der Waals surface area (Å²) in [5, 5.41) is 0. The molecule has 5 heteroatoms. The van der Waals surface area contributed by atoms with Gasteiger partial charge < -0.3 is 0 Å². The summed E-state index contributed by atoms with van der Waals surface area (Å²) in [5.74, 6) is -0.934. The van der Waals surface area contributed by atoms with Gasteiger partial charge in [-0.25, -0.2) is 4.79 Å². The van der Waals surface area contributed by atoms with Crippen LogP contribution in [0.1, 0.15) is 6.42 Å². The van der Waals surface area contributed by atoms with Gasteiger partial charge in [-0.15, -0.1) is 6.58 Å². The molecule has 1 spiro atoms. The molecule has 1 aliphatic heterocycles. The smallest absolute Gasteiger partial charge is 0.273 e. The lowest BCUT2D eigenvalue weighted by Crippen LogP contribution is -2.58. The molecule has 2 aliphatic rings. The third-order valence-electron chi connectivity index (χ3n) is 3.25. The fraction of sp³-hybridized carbons (Fsp3) is 0.500. The third kappa shape index (κ3) is 0.948. The zero-order valence-corrected chi connectivity index (χ0v) is 8.69. The number of carbonyl (C=O) groups is 3. The normalized spacial score (nSPS) is 28.7. The average molecular weight is 208 g/mol. The molecule has 1 heterocycles. The minimum absolute atomic E-state index is 0.129. The van der Waals surface area contributed by atoms with Crippen LogP contribution in [0.25, 0.3) is 0 Å². The standard InChI is InChI=1S/C10H12N2O3/c1-4-6-5-10(6)7(13)11(2)9(15)12(3)8(10)14/h4,6H,1,5H2,2-3H3/t6-/m0/s1. The van der Waals surface area contributed by atoms with Crippen LogP contribution >= 0.6 is 0 Å². The van der Waals surface area contributed by atoms with Crippen molar-refractivity contribution in [3.05, 3.63) is 12.7 Å². The second kappa shape index (κ2) is 2.68. The maximum atomic E-state index is 11.9. The zero-order chi connectivity index (χ0) is 11.4. The van der Waals surface area contributed by atoms with E-state index in [2.05, 4.69) is 6.58 Å². The van der Waals surface area contributed by atoms with Gasteiger partial charge in [-0.3, -0.25) is 19.4 Å². The first kappa shape index (κ1) is 9.89. The lowest BCUT2D eigenvalue weighted by atomic mass is 9.98. The predicted molar refractivity (Wildman–Crippen MR) is 51.7 cm³/mol. The number of carbonyl (C=O) groups excluding carboxylic acids is 3. The van der Waals surface area contributed by atoms with Crippen molar-refractivity contribution in [2.75, 3.05) is 14.1 Å². The van der Waals surface area contributed by atoms with E-state index >= 15 is 0 Å². The summed E-state index contributed by atoms with van der Waals surface area (Å²) in [7, 11) is 2.79. The van der Waals surface area contributed by atoms with Crippen molar-refractivity contribution in [3.63, 3.8) is 0 Å². The first-order chi connectivity index (χ1) is 6.96. The Morgan fingerprint density at radius 3 is 2.07 bits per heavy atom. The number of nitrogens with zero attached hydrogens (tertiary/aromatic N) is 2.